The quantitative estimate of drug-likeness (QED) is 0.707. The first-order chi connectivity index (χ1) is 7.88. The summed E-state index contributed by atoms with van der Waals surface area (Å²) < 4.78 is 7.35. The molecule has 0 atom stereocenters. The second kappa shape index (κ2) is 5.48. The number of aromatic nitrogens is 2. The number of hydrogen-bond donors (Lipinski definition) is 2. The van der Waals surface area contributed by atoms with Crippen LogP contribution >= 0.6 is 0 Å². The lowest BCUT2D eigenvalue weighted by molar-refractivity contribution is 0.242. The zero-order valence-electron chi connectivity index (χ0n) is 8.97. The first-order valence-electron chi connectivity index (χ1n) is 5.23. The fraction of sp³-hybridized carbons (Fsp3) is 0.364. The third kappa shape index (κ3) is 2.95. The van der Waals surface area contributed by atoms with Gasteiger partial charge in [-0.25, -0.2) is 4.98 Å². The maximum Gasteiger partial charge on any atom is 0.129 e. The summed E-state index contributed by atoms with van der Waals surface area (Å²) in [6.07, 6.45) is 5.48. The second-order valence-corrected chi connectivity index (χ2v) is 3.50. The van der Waals surface area contributed by atoms with Gasteiger partial charge in [0.05, 0.1) is 12.9 Å². The smallest absolute Gasteiger partial charge is 0.129 e. The SMILES string of the molecule is OCc1ccc(CNCCn2ccnc2)o1. The van der Waals surface area contributed by atoms with Crippen LogP contribution in [0.15, 0.2) is 35.3 Å². The highest BCUT2D eigenvalue weighted by Gasteiger charge is 1.99. The zero-order chi connectivity index (χ0) is 11.2. The van der Waals surface area contributed by atoms with Crippen LogP contribution in [0.5, 0.6) is 0 Å². The number of hydrogen-bond acceptors (Lipinski definition) is 4. The molecular weight excluding hydrogens is 206 g/mol. The molecule has 0 spiro atoms. The highest BCUT2D eigenvalue weighted by Crippen LogP contribution is 2.06. The Bertz CT molecular complexity index is 409. The van der Waals surface area contributed by atoms with E-state index in [2.05, 4.69) is 10.3 Å². The van der Waals surface area contributed by atoms with Gasteiger partial charge in [0.25, 0.3) is 0 Å². The minimum absolute atomic E-state index is 0.0466. The summed E-state index contributed by atoms with van der Waals surface area (Å²) in [7, 11) is 0. The van der Waals surface area contributed by atoms with Crippen LogP contribution in [0.1, 0.15) is 11.5 Å². The van der Waals surface area contributed by atoms with E-state index in [1.165, 1.54) is 0 Å². The van der Waals surface area contributed by atoms with E-state index >= 15 is 0 Å². The Labute approximate surface area is 93.7 Å². The van der Waals surface area contributed by atoms with Gasteiger partial charge in [0, 0.05) is 25.5 Å². The number of imidazole rings is 1. The van der Waals surface area contributed by atoms with Crippen molar-refractivity contribution < 1.29 is 9.52 Å². The average molecular weight is 221 g/mol. The Hall–Kier alpha value is -1.59. The van der Waals surface area contributed by atoms with Crippen LogP contribution in [-0.2, 0) is 19.7 Å². The monoisotopic (exact) mass is 221 g/mol. The van der Waals surface area contributed by atoms with E-state index in [1.807, 2.05) is 16.8 Å². The normalized spacial score (nSPS) is 10.8. The van der Waals surface area contributed by atoms with Gasteiger partial charge in [0.15, 0.2) is 0 Å². The molecule has 2 aromatic heterocycles. The molecular formula is C11H15N3O2. The third-order valence-corrected chi connectivity index (χ3v) is 2.28. The summed E-state index contributed by atoms with van der Waals surface area (Å²) in [5, 5.41) is 12.1. The summed E-state index contributed by atoms with van der Waals surface area (Å²) in [6.45, 7) is 2.36. The van der Waals surface area contributed by atoms with Gasteiger partial charge in [-0.1, -0.05) is 0 Å². The largest absolute Gasteiger partial charge is 0.462 e. The number of rotatable bonds is 6. The Morgan fingerprint density at radius 1 is 1.38 bits per heavy atom. The van der Waals surface area contributed by atoms with Crippen molar-refractivity contribution in [1.29, 1.82) is 0 Å². The molecule has 0 unspecified atom stereocenters. The molecule has 2 aromatic rings. The summed E-state index contributed by atoms with van der Waals surface area (Å²) in [5.74, 6) is 1.45. The number of nitrogens with one attached hydrogen (secondary N) is 1. The Balaban J connectivity index is 1.68. The average Bonchev–Trinajstić information content (AvgIpc) is 2.95. The van der Waals surface area contributed by atoms with Gasteiger partial charge < -0.3 is 19.4 Å². The molecule has 16 heavy (non-hydrogen) atoms. The van der Waals surface area contributed by atoms with Crippen molar-refractivity contribution >= 4 is 0 Å². The van der Waals surface area contributed by atoms with Crippen molar-refractivity contribution in [2.75, 3.05) is 6.54 Å². The van der Waals surface area contributed by atoms with Crippen molar-refractivity contribution in [3.8, 4) is 0 Å². The Morgan fingerprint density at radius 2 is 2.25 bits per heavy atom. The molecule has 0 bridgehead atoms. The number of furan rings is 1. The summed E-state index contributed by atoms with van der Waals surface area (Å²) in [5.41, 5.74) is 0. The van der Waals surface area contributed by atoms with Gasteiger partial charge in [0.2, 0.25) is 0 Å². The Kier molecular flexibility index (Phi) is 3.74. The van der Waals surface area contributed by atoms with E-state index in [0.29, 0.717) is 12.3 Å². The van der Waals surface area contributed by atoms with E-state index in [0.717, 1.165) is 18.8 Å². The predicted octanol–water partition coefficient (Wildman–Crippen LogP) is 0.758. The molecule has 2 rings (SSSR count). The summed E-state index contributed by atoms with van der Waals surface area (Å²) >= 11 is 0. The molecule has 0 saturated heterocycles. The molecule has 0 saturated carbocycles. The van der Waals surface area contributed by atoms with Crippen LogP contribution in [0.25, 0.3) is 0 Å². The molecule has 0 aromatic carbocycles. The third-order valence-electron chi connectivity index (χ3n) is 2.28. The van der Waals surface area contributed by atoms with Crippen LogP contribution in [0.2, 0.25) is 0 Å². The van der Waals surface area contributed by atoms with Gasteiger partial charge in [-0.3, -0.25) is 0 Å². The van der Waals surface area contributed by atoms with E-state index in [1.54, 1.807) is 18.6 Å². The molecule has 86 valence electrons. The molecule has 0 radical (unpaired) electrons. The molecule has 0 aliphatic heterocycles. The van der Waals surface area contributed by atoms with Crippen LogP contribution in [-0.4, -0.2) is 21.2 Å². The summed E-state index contributed by atoms with van der Waals surface area (Å²) in [4.78, 5) is 3.96. The fourth-order valence-electron chi connectivity index (χ4n) is 1.44. The topological polar surface area (TPSA) is 63.2 Å². The standard InChI is InChI=1S/C11H15N3O2/c15-8-11-2-1-10(16-11)7-12-3-5-14-6-4-13-9-14/h1-2,4,6,9,12,15H,3,5,7-8H2. The predicted molar refractivity (Wildman–Crippen MR) is 58.6 cm³/mol. The Morgan fingerprint density at radius 3 is 2.94 bits per heavy atom. The van der Waals surface area contributed by atoms with Crippen molar-refractivity contribution in [1.82, 2.24) is 14.9 Å². The fourth-order valence-corrected chi connectivity index (χ4v) is 1.44. The van der Waals surface area contributed by atoms with E-state index < -0.39 is 0 Å². The van der Waals surface area contributed by atoms with Gasteiger partial charge in [0.1, 0.15) is 18.1 Å². The van der Waals surface area contributed by atoms with Crippen molar-refractivity contribution in [2.24, 2.45) is 0 Å². The number of aliphatic hydroxyl groups excluding tert-OH is 1. The van der Waals surface area contributed by atoms with Gasteiger partial charge in [-0.05, 0) is 12.1 Å². The molecule has 0 fully saturated rings. The molecule has 0 aliphatic rings. The zero-order valence-corrected chi connectivity index (χ0v) is 8.97. The van der Waals surface area contributed by atoms with Gasteiger partial charge >= 0.3 is 0 Å². The minimum Gasteiger partial charge on any atom is -0.462 e. The van der Waals surface area contributed by atoms with Crippen LogP contribution in [0.3, 0.4) is 0 Å². The maximum atomic E-state index is 8.82. The first kappa shape index (κ1) is 10.9. The molecule has 0 amide bonds. The van der Waals surface area contributed by atoms with Gasteiger partial charge in [-0.15, -0.1) is 0 Å². The molecule has 5 heteroatoms. The minimum atomic E-state index is -0.0466. The van der Waals surface area contributed by atoms with Crippen molar-refractivity contribution in [2.45, 2.75) is 19.7 Å². The van der Waals surface area contributed by atoms with Crippen molar-refractivity contribution in [3.63, 3.8) is 0 Å². The lowest BCUT2D eigenvalue weighted by atomic mass is 10.4. The van der Waals surface area contributed by atoms with Crippen LogP contribution in [0.4, 0.5) is 0 Å². The molecule has 0 aliphatic carbocycles. The van der Waals surface area contributed by atoms with E-state index in [4.69, 9.17) is 9.52 Å². The maximum absolute atomic E-state index is 8.82. The molecule has 2 N–H and O–H groups in total. The molecule has 5 nitrogen and oxygen atoms in total. The first-order valence-corrected chi connectivity index (χ1v) is 5.23. The van der Waals surface area contributed by atoms with E-state index in [9.17, 15) is 0 Å². The van der Waals surface area contributed by atoms with Crippen LogP contribution < -0.4 is 5.32 Å². The molecule has 2 heterocycles. The lowest BCUT2D eigenvalue weighted by Crippen LogP contribution is -2.18. The number of aliphatic hydroxyl groups is 1. The van der Waals surface area contributed by atoms with Crippen LogP contribution in [0, 0.1) is 0 Å². The highest BCUT2D eigenvalue weighted by atomic mass is 16.4. The van der Waals surface area contributed by atoms with Crippen molar-refractivity contribution in [3.05, 3.63) is 42.4 Å². The number of nitrogens with zero attached hydrogens (tertiary/aromatic N) is 2. The highest BCUT2D eigenvalue weighted by molar-refractivity contribution is 5.05. The van der Waals surface area contributed by atoms with Gasteiger partial charge in [-0.2, -0.15) is 0 Å². The lowest BCUT2D eigenvalue weighted by Gasteiger charge is -2.03. The van der Waals surface area contributed by atoms with E-state index in [-0.39, 0.29) is 6.61 Å². The second-order valence-electron chi connectivity index (χ2n) is 3.50. The summed E-state index contributed by atoms with van der Waals surface area (Å²) in [6, 6.07) is 3.66.